The van der Waals surface area contributed by atoms with Crippen LogP contribution in [0.1, 0.15) is 5.56 Å². The lowest BCUT2D eigenvalue weighted by Crippen LogP contribution is -2.02. The monoisotopic (exact) mass is 400 g/mol. The summed E-state index contributed by atoms with van der Waals surface area (Å²) in [5.74, 6) is 0.743. The van der Waals surface area contributed by atoms with E-state index in [-0.39, 0.29) is 5.95 Å². The van der Waals surface area contributed by atoms with E-state index in [0.29, 0.717) is 12.4 Å². The molecule has 0 aliphatic rings. The van der Waals surface area contributed by atoms with Crippen LogP contribution in [-0.4, -0.2) is 33.1 Å². The zero-order valence-electron chi connectivity index (χ0n) is 10.2. The average molecular weight is 402 g/mol. The highest BCUT2D eigenvalue weighted by atomic mass is 79.9. The molecule has 1 heterocycles. The number of ether oxygens (including phenoxy) is 1. The van der Waals surface area contributed by atoms with Gasteiger partial charge in [-0.3, -0.25) is 0 Å². The number of benzene rings is 1. The molecular formula is C11H10Br2N6O. The molecule has 1 aromatic heterocycles. The summed E-state index contributed by atoms with van der Waals surface area (Å²) in [6.45, 7) is 4.00. The van der Waals surface area contributed by atoms with Crippen LogP contribution in [0.5, 0.6) is 5.75 Å². The van der Waals surface area contributed by atoms with Crippen LogP contribution in [-0.2, 0) is 0 Å². The topological polar surface area (TPSA) is 91.2 Å². The fraction of sp³-hybridized carbons (Fsp3) is 0.0909. The Kier molecular flexibility index (Phi) is 4.85. The number of nitrogen functional groups attached to an aromatic ring is 1. The van der Waals surface area contributed by atoms with Crippen molar-refractivity contribution in [2.24, 2.45) is 5.10 Å². The zero-order chi connectivity index (χ0) is 14.5. The smallest absolute Gasteiger partial charge is 0.263 e. The molecule has 0 saturated heterocycles. The van der Waals surface area contributed by atoms with Crippen molar-refractivity contribution in [1.29, 1.82) is 0 Å². The van der Waals surface area contributed by atoms with Gasteiger partial charge in [0, 0.05) is 10.0 Å². The van der Waals surface area contributed by atoms with Gasteiger partial charge in [0.15, 0.2) is 0 Å². The highest BCUT2D eigenvalue weighted by molar-refractivity contribution is 9.11. The Morgan fingerprint density at radius 2 is 2.25 bits per heavy atom. The van der Waals surface area contributed by atoms with E-state index in [1.165, 1.54) is 0 Å². The van der Waals surface area contributed by atoms with Crippen LogP contribution in [0.25, 0.3) is 0 Å². The van der Waals surface area contributed by atoms with Crippen LogP contribution in [0.3, 0.4) is 0 Å². The van der Waals surface area contributed by atoms with Gasteiger partial charge in [0.2, 0.25) is 0 Å². The van der Waals surface area contributed by atoms with Gasteiger partial charge in [-0.15, -0.1) is 0 Å². The highest BCUT2D eigenvalue weighted by Crippen LogP contribution is 2.32. The van der Waals surface area contributed by atoms with Crippen molar-refractivity contribution in [3.05, 3.63) is 39.3 Å². The third-order valence-electron chi connectivity index (χ3n) is 2.17. The number of tetrazole rings is 1. The predicted molar refractivity (Wildman–Crippen MR) is 82.8 cm³/mol. The fourth-order valence-corrected chi connectivity index (χ4v) is 2.73. The van der Waals surface area contributed by atoms with Gasteiger partial charge in [-0.2, -0.15) is 5.10 Å². The molecule has 0 amide bonds. The Bertz CT molecular complexity index is 654. The van der Waals surface area contributed by atoms with Gasteiger partial charge < -0.3 is 10.5 Å². The molecule has 0 aliphatic carbocycles. The molecule has 2 aromatic rings. The van der Waals surface area contributed by atoms with Crippen molar-refractivity contribution >= 4 is 44.0 Å². The summed E-state index contributed by atoms with van der Waals surface area (Å²) in [5, 5.41) is 14.6. The Hall–Kier alpha value is -1.74. The summed E-state index contributed by atoms with van der Waals surface area (Å²) in [6.07, 6.45) is 3.22. The molecule has 0 bridgehead atoms. The SMILES string of the molecule is C=CCOc1c(Br)cc(Br)cc1/C=N/n1nnnc1N. The first-order valence-corrected chi connectivity index (χ1v) is 7.01. The van der Waals surface area contributed by atoms with Crippen molar-refractivity contribution in [3.63, 3.8) is 0 Å². The maximum absolute atomic E-state index is 5.60. The molecule has 0 unspecified atom stereocenters. The second kappa shape index (κ2) is 6.62. The molecule has 7 nitrogen and oxygen atoms in total. The molecule has 20 heavy (non-hydrogen) atoms. The number of hydrogen-bond acceptors (Lipinski definition) is 6. The Morgan fingerprint density at radius 1 is 1.45 bits per heavy atom. The summed E-state index contributed by atoms with van der Waals surface area (Å²) in [7, 11) is 0. The van der Waals surface area contributed by atoms with Crippen LogP contribution < -0.4 is 10.5 Å². The molecule has 0 aliphatic heterocycles. The Balaban J connectivity index is 2.36. The summed E-state index contributed by atoms with van der Waals surface area (Å²) in [6, 6.07) is 3.73. The van der Waals surface area contributed by atoms with Crippen molar-refractivity contribution in [2.45, 2.75) is 0 Å². The molecular weight excluding hydrogens is 392 g/mol. The Morgan fingerprint density at radius 3 is 2.90 bits per heavy atom. The van der Waals surface area contributed by atoms with Crippen molar-refractivity contribution in [3.8, 4) is 5.75 Å². The molecule has 2 rings (SSSR count). The van der Waals surface area contributed by atoms with E-state index >= 15 is 0 Å². The molecule has 104 valence electrons. The molecule has 0 radical (unpaired) electrons. The van der Waals surface area contributed by atoms with Gasteiger partial charge in [0.05, 0.1) is 10.7 Å². The zero-order valence-corrected chi connectivity index (χ0v) is 13.4. The first kappa shape index (κ1) is 14.7. The van der Waals surface area contributed by atoms with Crippen molar-refractivity contribution in [2.75, 3.05) is 12.3 Å². The number of anilines is 1. The van der Waals surface area contributed by atoms with E-state index in [0.717, 1.165) is 19.3 Å². The van der Waals surface area contributed by atoms with Crippen LogP contribution in [0.2, 0.25) is 0 Å². The number of aromatic nitrogens is 4. The minimum absolute atomic E-state index is 0.101. The minimum Gasteiger partial charge on any atom is -0.488 e. The third kappa shape index (κ3) is 3.42. The first-order chi connectivity index (χ1) is 9.61. The lowest BCUT2D eigenvalue weighted by atomic mass is 10.2. The standard InChI is InChI=1S/C11H10Br2N6O/c1-2-3-20-10-7(4-8(12)5-9(10)13)6-15-19-11(14)16-17-18-19/h2,4-6H,1,3H2,(H2,14,16,18)/b15-6+. The van der Waals surface area contributed by atoms with Gasteiger partial charge in [-0.05, 0) is 38.5 Å². The van der Waals surface area contributed by atoms with Gasteiger partial charge in [0.1, 0.15) is 12.4 Å². The molecule has 0 fully saturated rings. The van der Waals surface area contributed by atoms with Crippen LogP contribution in [0.4, 0.5) is 5.95 Å². The van der Waals surface area contributed by atoms with E-state index in [9.17, 15) is 0 Å². The van der Waals surface area contributed by atoms with E-state index in [4.69, 9.17) is 10.5 Å². The van der Waals surface area contributed by atoms with Gasteiger partial charge in [-0.25, -0.2) is 0 Å². The molecule has 0 saturated carbocycles. The first-order valence-electron chi connectivity index (χ1n) is 5.42. The largest absolute Gasteiger partial charge is 0.488 e. The van der Waals surface area contributed by atoms with E-state index in [1.807, 2.05) is 12.1 Å². The van der Waals surface area contributed by atoms with Crippen LogP contribution in [0.15, 0.2) is 38.8 Å². The maximum Gasteiger partial charge on any atom is 0.263 e. The van der Waals surface area contributed by atoms with Crippen molar-refractivity contribution < 1.29 is 4.74 Å². The third-order valence-corrected chi connectivity index (χ3v) is 3.21. The van der Waals surface area contributed by atoms with E-state index in [2.05, 4.69) is 59.1 Å². The molecule has 1 aromatic carbocycles. The number of nitrogens with two attached hydrogens (primary N) is 1. The number of hydrogen-bond donors (Lipinski definition) is 1. The minimum atomic E-state index is 0.101. The lowest BCUT2D eigenvalue weighted by molar-refractivity contribution is 0.360. The maximum atomic E-state index is 5.60. The molecule has 2 N–H and O–H groups in total. The van der Waals surface area contributed by atoms with Crippen molar-refractivity contribution in [1.82, 2.24) is 20.3 Å². The number of nitrogens with zero attached hydrogens (tertiary/aromatic N) is 5. The summed E-state index contributed by atoms with van der Waals surface area (Å²) in [5.41, 5.74) is 6.27. The molecule has 0 spiro atoms. The predicted octanol–water partition coefficient (Wildman–Crippen LogP) is 2.23. The van der Waals surface area contributed by atoms with E-state index in [1.54, 1.807) is 12.3 Å². The Labute approximate surface area is 131 Å². The summed E-state index contributed by atoms with van der Waals surface area (Å²) < 4.78 is 7.27. The molecule has 0 atom stereocenters. The summed E-state index contributed by atoms with van der Waals surface area (Å²) >= 11 is 6.85. The van der Waals surface area contributed by atoms with Gasteiger partial charge in [0.25, 0.3) is 5.95 Å². The average Bonchev–Trinajstić information content (AvgIpc) is 2.80. The van der Waals surface area contributed by atoms with Gasteiger partial charge >= 0.3 is 0 Å². The second-order valence-corrected chi connectivity index (χ2v) is 5.35. The van der Waals surface area contributed by atoms with Crippen LogP contribution >= 0.6 is 31.9 Å². The lowest BCUT2D eigenvalue weighted by Gasteiger charge is -2.10. The highest BCUT2D eigenvalue weighted by Gasteiger charge is 2.09. The molecule has 9 heteroatoms. The number of rotatable bonds is 5. The van der Waals surface area contributed by atoms with Crippen LogP contribution in [0, 0.1) is 0 Å². The normalized spacial score (nSPS) is 10.9. The summed E-state index contributed by atoms with van der Waals surface area (Å²) in [4.78, 5) is 1.12. The quantitative estimate of drug-likeness (QED) is 0.612. The van der Waals surface area contributed by atoms with E-state index < -0.39 is 0 Å². The second-order valence-electron chi connectivity index (χ2n) is 3.58. The van der Waals surface area contributed by atoms with Gasteiger partial charge in [-0.1, -0.05) is 38.5 Å². The number of halogens is 2. The fourth-order valence-electron chi connectivity index (χ4n) is 1.36.